The largest absolute Gasteiger partial charge is 0.504 e. The Morgan fingerprint density at radius 2 is 1.72 bits per heavy atom. The molecule has 4 rings (SSSR count). The van der Waals surface area contributed by atoms with Gasteiger partial charge in [0.25, 0.3) is 5.91 Å². The van der Waals surface area contributed by atoms with E-state index in [1.54, 1.807) is 31.2 Å². The number of para-hydroxylation sites is 1. The molecule has 0 saturated heterocycles. The summed E-state index contributed by atoms with van der Waals surface area (Å²) in [7, 11) is 1.43. The van der Waals surface area contributed by atoms with Crippen LogP contribution in [-0.4, -0.2) is 29.8 Å². The number of amides is 2. The van der Waals surface area contributed by atoms with Crippen molar-refractivity contribution >= 4 is 35.0 Å². The molecule has 1 heterocycles. The summed E-state index contributed by atoms with van der Waals surface area (Å²) in [5, 5.41) is 29.9. The molecule has 1 atom stereocenters. The minimum Gasteiger partial charge on any atom is -0.504 e. The third-order valence-electron chi connectivity index (χ3n) is 6.14. The van der Waals surface area contributed by atoms with Crippen LogP contribution in [0.5, 0.6) is 11.5 Å². The minimum absolute atomic E-state index is 0.0475. The molecule has 9 heteroatoms. The summed E-state index contributed by atoms with van der Waals surface area (Å²) < 4.78 is 5.29. The molecule has 1 aliphatic heterocycles. The van der Waals surface area contributed by atoms with Gasteiger partial charge in [0.05, 0.1) is 35.5 Å². The standard InChI is InChI=1S/C30H28N4O4S/c1-18-9-12-22(13-10-18)33-26(36)17-39-30-23(16-31)28(20-11-14-24(35)25(15-20)38-3)27(19(2)32-30)29(37)34-21-7-5-4-6-8-21/h4-15,28,32,35H,17H2,1-3H3,(H,33,36)(H,34,37)/t28-/m0/s1. The van der Waals surface area contributed by atoms with Crippen LogP contribution in [0.4, 0.5) is 11.4 Å². The van der Waals surface area contributed by atoms with Crippen molar-refractivity contribution in [1.82, 2.24) is 5.32 Å². The normalized spacial score (nSPS) is 14.8. The molecule has 0 aromatic heterocycles. The summed E-state index contributed by atoms with van der Waals surface area (Å²) in [5.41, 5.74) is 4.13. The van der Waals surface area contributed by atoms with Gasteiger partial charge in [0.15, 0.2) is 11.5 Å². The maximum Gasteiger partial charge on any atom is 0.254 e. The lowest BCUT2D eigenvalue weighted by Crippen LogP contribution is -2.31. The van der Waals surface area contributed by atoms with Crippen molar-refractivity contribution in [3.63, 3.8) is 0 Å². The fourth-order valence-electron chi connectivity index (χ4n) is 4.23. The molecule has 0 unspecified atom stereocenters. The van der Waals surface area contributed by atoms with Gasteiger partial charge in [-0.1, -0.05) is 53.7 Å². The van der Waals surface area contributed by atoms with Crippen LogP contribution in [0.3, 0.4) is 0 Å². The number of dihydropyridines is 1. The number of carbonyl (C=O) groups is 2. The van der Waals surface area contributed by atoms with E-state index in [0.29, 0.717) is 33.2 Å². The van der Waals surface area contributed by atoms with Crippen molar-refractivity contribution < 1.29 is 19.4 Å². The molecule has 1 aliphatic rings. The van der Waals surface area contributed by atoms with Gasteiger partial charge in [-0.2, -0.15) is 5.26 Å². The van der Waals surface area contributed by atoms with Gasteiger partial charge in [-0.3, -0.25) is 9.59 Å². The van der Waals surface area contributed by atoms with Gasteiger partial charge in [-0.25, -0.2) is 0 Å². The number of carbonyl (C=O) groups excluding carboxylic acids is 2. The zero-order valence-corrected chi connectivity index (χ0v) is 22.6. The second kappa shape index (κ2) is 12.2. The van der Waals surface area contributed by atoms with Crippen molar-refractivity contribution in [3.05, 3.63) is 106 Å². The van der Waals surface area contributed by atoms with E-state index >= 15 is 0 Å². The van der Waals surface area contributed by atoms with Gasteiger partial charge in [-0.05, 0) is 55.8 Å². The van der Waals surface area contributed by atoms with Gasteiger partial charge in [0.1, 0.15) is 0 Å². The maximum absolute atomic E-state index is 13.6. The van der Waals surface area contributed by atoms with E-state index < -0.39 is 5.92 Å². The van der Waals surface area contributed by atoms with Gasteiger partial charge in [0.2, 0.25) is 5.91 Å². The molecule has 0 fully saturated rings. The van der Waals surface area contributed by atoms with E-state index in [-0.39, 0.29) is 34.6 Å². The number of benzene rings is 3. The van der Waals surface area contributed by atoms with Crippen molar-refractivity contribution in [2.75, 3.05) is 23.5 Å². The number of nitrogens with zero attached hydrogens (tertiary/aromatic N) is 1. The Balaban J connectivity index is 1.67. The highest BCUT2D eigenvalue weighted by Gasteiger charge is 2.35. The molecule has 0 bridgehead atoms. The van der Waals surface area contributed by atoms with Crippen molar-refractivity contribution in [3.8, 4) is 17.6 Å². The summed E-state index contributed by atoms with van der Waals surface area (Å²) in [6, 6.07) is 23.5. The summed E-state index contributed by atoms with van der Waals surface area (Å²) >= 11 is 1.18. The molecule has 8 nitrogen and oxygen atoms in total. The lowest BCUT2D eigenvalue weighted by atomic mass is 9.82. The number of hydrogen-bond donors (Lipinski definition) is 4. The number of anilines is 2. The number of thioether (sulfide) groups is 1. The summed E-state index contributed by atoms with van der Waals surface area (Å²) in [6.07, 6.45) is 0. The minimum atomic E-state index is -0.767. The number of aryl methyl sites for hydroxylation is 1. The number of nitrogens with one attached hydrogen (secondary N) is 3. The van der Waals surface area contributed by atoms with Gasteiger partial charge < -0.3 is 25.8 Å². The molecular formula is C30H28N4O4S. The first kappa shape index (κ1) is 27.4. The monoisotopic (exact) mass is 540 g/mol. The molecular weight excluding hydrogens is 512 g/mol. The van der Waals surface area contributed by atoms with E-state index in [9.17, 15) is 20.0 Å². The van der Waals surface area contributed by atoms with Gasteiger partial charge in [0, 0.05) is 22.6 Å². The average molecular weight is 541 g/mol. The lowest BCUT2D eigenvalue weighted by molar-refractivity contribution is -0.114. The number of methoxy groups -OCH3 is 1. The Morgan fingerprint density at radius 1 is 1.03 bits per heavy atom. The molecule has 198 valence electrons. The fraction of sp³-hybridized carbons (Fsp3) is 0.167. The highest BCUT2D eigenvalue weighted by Crippen LogP contribution is 2.43. The third-order valence-corrected chi connectivity index (χ3v) is 7.16. The van der Waals surface area contributed by atoms with Crippen LogP contribution in [0.25, 0.3) is 0 Å². The number of phenolic OH excluding ortho intramolecular Hbond substituents is 1. The third kappa shape index (κ3) is 6.43. The van der Waals surface area contributed by atoms with E-state index in [2.05, 4.69) is 22.0 Å². The molecule has 0 aliphatic carbocycles. The zero-order chi connectivity index (χ0) is 27.9. The van der Waals surface area contributed by atoms with E-state index in [1.807, 2.05) is 49.4 Å². The zero-order valence-electron chi connectivity index (χ0n) is 21.7. The van der Waals surface area contributed by atoms with Gasteiger partial charge >= 0.3 is 0 Å². The van der Waals surface area contributed by atoms with E-state index in [1.165, 1.54) is 24.9 Å². The van der Waals surface area contributed by atoms with Crippen LogP contribution in [0.1, 0.15) is 24.0 Å². The number of aromatic hydroxyl groups is 1. The molecule has 39 heavy (non-hydrogen) atoms. The first-order valence-electron chi connectivity index (χ1n) is 12.2. The van der Waals surface area contributed by atoms with Crippen molar-refractivity contribution in [1.29, 1.82) is 5.26 Å². The highest BCUT2D eigenvalue weighted by atomic mass is 32.2. The number of phenols is 1. The Hall–Kier alpha value is -4.68. The summed E-state index contributed by atoms with van der Waals surface area (Å²) in [6.45, 7) is 3.72. The van der Waals surface area contributed by atoms with Crippen LogP contribution in [0, 0.1) is 18.3 Å². The Kier molecular flexibility index (Phi) is 8.59. The topological polar surface area (TPSA) is 123 Å². The van der Waals surface area contributed by atoms with Crippen LogP contribution >= 0.6 is 11.8 Å². The summed E-state index contributed by atoms with van der Waals surface area (Å²) in [4.78, 5) is 26.2. The van der Waals surface area contributed by atoms with E-state index in [4.69, 9.17) is 4.74 Å². The fourth-order valence-corrected chi connectivity index (χ4v) is 5.12. The Morgan fingerprint density at radius 3 is 2.38 bits per heavy atom. The second-order valence-corrected chi connectivity index (χ2v) is 9.89. The smallest absolute Gasteiger partial charge is 0.254 e. The predicted molar refractivity (Wildman–Crippen MR) is 153 cm³/mol. The number of ether oxygens (including phenoxy) is 1. The molecule has 0 spiro atoms. The Bertz CT molecular complexity index is 1490. The first-order valence-corrected chi connectivity index (χ1v) is 13.1. The molecule has 4 N–H and O–H groups in total. The van der Waals surface area contributed by atoms with Gasteiger partial charge in [-0.15, -0.1) is 0 Å². The number of rotatable bonds is 8. The summed E-state index contributed by atoms with van der Waals surface area (Å²) in [5.74, 6) is -1.17. The second-order valence-electron chi connectivity index (χ2n) is 8.91. The molecule has 0 saturated carbocycles. The van der Waals surface area contributed by atoms with Crippen LogP contribution in [0.15, 0.2) is 94.7 Å². The lowest BCUT2D eigenvalue weighted by Gasteiger charge is -2.30. The molecule has 0 radical (unpaired) electrons. The Labute approximate surface area is 231 Å². The average Bonchev–Trinajstić information content (AvgIpc) is 2.93. The van der Waals surface area contributed by atoms with Crippen molar-refractivity contribution in [2.45, 2.75) is 19.8 Å². The van der Waals surface area contributed by atoms with Crippen LogP contribution in [0.2, 0.25) is 0 Å². The predicted octanol–water partition coefficient (Wildman–Crippen LogP) is 5.42. The highest BCUT2D eigenvalue weighted by molar-refractivity contribution is 8.03. The van der Waals surface area contributed by atoms with E-state index in [0.717, 1.165) is 5.56 Å². The maximum atomic E-state index is 13.6. The molecule has 3 aromatic rings. The molecule has 3 aromatic carbocycles. The van der Waals surface area contributed by atoms with Crippen LogP contribution in [-0.2, 0) is 9.59 Å². The van der Waals surface area contributed by atoms with Crippen molar-refractivity contribution in [2.24, 2.45) is 0 Å². The number of nitriles is 1. The number of hydrogen-bond acceptors (Lipinski definition) is 7. The quantitative estimate of drug-likeness (QED) is 0.301. The molecule has 2 amide bonds. The first-order chi connectivity index (χ1) is 18.8. The van der Waals surface area contributed by atoms with Crippen LogP contribution < -0.4 is 20.7 Å². The number of allylic oxidation sites excluding steroid dienone is 2. The SMILES string of the molecule is COc1cc([C@H]2C(C#N)=C(SCC(=O)Nc3ccc(C)cc3)NC(C)=C2C(=O)Nc2ccccc2)ccc1O.